The fourth-order valence-corrected chi connectivity index (χ4v) is 3.07. The number of carbonyl (C=O) groups is 3. The summed E-state index contributed by atoms with van der Waals surface area (Å²) in [7, 11) is 0. The summed E-state index contributed by atoms with van der Waals surface area (Å²) in [6, 6.07) is 16.1. The minimum absolute atomic E-state index is 0.0314. The van der Waals surface area contributed by atoms with E-state index in [9.17, 15) is 23.2 Å². The first-order valence-corrected chi connectivity index (χ1v) is 11.6. The summed E-state index contributed by atoms with van der Waals surface area (Å²) in [5.41, 5.74) is 2.80. The SMILES string of the molecule is CCOc1cc(C=NNC(=O)C(C)C(=O)Nc2ccccc2F)ccc1OCC(=O)Nc1ccccc1F. The average molecular weight is 525 g/mol. The molecular weight excluding hydrogens is 498 g/mol. The Morgan fingerprint density at radius 3 is 2.13 bits per heavy atom. The van der Waals surface area contributed by atoms with Crippen LogP contribution in [0.5, 0.6) is 11.5 Å². The van der Waals surface area contributed by atoms with Crippen molar-refractivity contribution in [3.63, 3.8) is 0 Å². The fraction of sp³-hybridized carbons (Fsp3) is 0.185. The summed E-state index contributed by atoms with van der Waals surface area (Å²) in [6.07, 6.45) is 1.33. The van der Waals surface area contributed by atoms with Crippen LogP contribution in [0.15, 0.2) is 71.8 Å². The van der Waals surface area contributed by atoms with Crippen LogP contribution in [0.3, 0.4) is 0 Å². The van der Waals surface area contributed by atoms with E-state index in [0.717, 1.165) is 0 Å². The number of ether oxygens (including phenoxy) is 2. The summed E-state index contributed by atoms with van der Waals surface area (Å²) in [4.78, 5) is 36.7. The van der Waals surface area contributed by atoms with E-state index in [4.69, 9.17) is 9.47 Å². The van der Waals surface area contributed by atoms with Gasteiger partial charge in [-0.05, 0) is 61.9 Å². The van der Waals surface area contributed by atoms with Crippen LogP contribution in [0.1, 0.15) is 19.4 Å². The molecule has 11 heteroatoms. The summed E-state index contributed by atoms with van der Waals surface area (Å²) >= 11 is 0. The maximum absolute atomic E-state index is 13.7. The van der Waals surface area contributed by atoms with Crippen molar-refractivity contribution in [1.82, 2.24) is 5.43 Å². The van der Waals surface area contributed by atoms with E-state index >= 15 is 0 Å². The molecule has 0 aliphatic rings. The lowest BCUT2D eigenvalue weighted by molar-refractivity contribution is -0.131. The largest absolute Gasteiger partial charge is 0.490 e. The van der Waals surface area contributed by atoms with Gasteiger partial charge in [0, 0.05) is 0 Å². The normalized spacial score (nSPS) is 11.5. The fourth-order valence-electron chi connectivity index (χ4n) is 3.07. The minimum Gasteiger partial charge on any atom is -0.490 e. The van der Waals surface area contributed by atoms with Crippen molar-refractivity contribution < 1.29 is 32.6 Å². The number of carbonyl (C=O) groups excluding carboxylic acids is 3. The average Bonchev–Trinajstić information content (AvgIpc) is 2.90. The quantitative estimate of drug-likeness (QED) is 0.198. The van der Waals surface area contributed by atoms with Crippen LogP contribution in [-0.2, 0) is 14.4 Å². The predicted octanol–water partition coefficient (Wildman–Crippen LogP) is 4.11. The number of nitrogens with one attached hydrogen (secondary N) is 3. The number of halogens is 2. The minimum atomic E-state index is -1.14. The number of rotatable bonds is 11. The second-order valence-electron chi connectivity index (χ2n) is 7.88. The van der Waals surface area contributed by atoms with Gasteiger partial charge in [-0.1, -0.05) is 24.3 Å². The van der Waals surface area contributed by atoms with Crippen LogP contribution in [0.4, 0.5) is 20.2 Å². The molecule has 198 valence electrons. The van der Waals surface area contributed by atoms with Gasteiger partial charge in [0.25, 0.3) is 11.8 Å². The van der Waals surface area contributed by atoms with Gasteiger partial charge in [-0.3, -0.25) is 14.4 Å². The standard InChI is InChI=1S/C27H26F2N4O5/c1-3-37-24-14-18(12-13-23(24)38-16-25(34)31-21-10-6-4-8-19(21)28)15-30-33-27(36)17(2)26(35)32-22-11-7-5-9-20(22)29/h4-15,17H,3,16H2,1-2H3,(H,31,34)(H,32,35)(H,33,36). The van der Waals surface area contributed by atoms with Gasteiger partial charge in [0.1, 0.15) is 17.6 Å². The highest BCUT2D eigenvalue weighted by Gasteiger charge is 2.22. The van der Waals surface area contributed by atoms with Crippen LogP contribution in [-0.4, -0.2) is 37.1 Å². The number of hydrogen-bond acceptors (Lipinski definition) is 6. The maximum atomic E-state index is 13.7. The van der Waals surface area contributed by atoms with Gasteiger partial charge in [-0.15, -0.1) is 0 Å². The number of nitrogens with zero attached hydrogens (tertiary/aromatic N) is 1. The lowest BCUT2D eigenvalue weighted by atomic mass is 10.1. The molecule has 1 unspecified atom stereocenters. The van der Waals surface area contributed by atoms with Crippen molar-refractivity contribution in [3.8, 4) is 11.5 Å². The Kier molecular flexibility index (Phi) is 9.86. The van der Waals surface area contributed by atoms with Crippen LogP contribution < -0.4 is 25.5 Å². The Bertz CT molecular complexity index is 1330. The molecule has 0 bridgehead atoms. The zero-order valence-electron chi connectivity index (χ0n) is 20.7. The molecule has 38 heavy (non-hydrogen) atoms. The summed E-state index contributed by atoms with van der Waals surface area (Å²) in [6.45, 7) is 3.06. The lowest BCUT2D eigenvalue weighted by Gasteiger charge is -2.13. The Balaban J connectivity index is 1.56. The van der Waals surface area contributed by atoms with Gasteiger partial charge in [-0.2, -0.15) is 5.10 Å². The number of amides is 3. The summed E-state index contributed by atoms with van der Waals surface area (Å²) in [5.74, 6) is -3.67. The maximum Gasteiger partial charge on any atom is 0.262 e. The van der Waals surface area contributed by atoms with Crippen LogP contribution in [0.25, 0.3) is 0 Å². The molecule has 0 heterocycles. The Morgan fingerprint density at radius 2 is 1.50 bits per heavy atom. The third-order valence-corrected chi connectivity index (χ3v) is 5.08. The first kappa shape index (κ1) is 27.8. The van der Waals surface area contributed by atoms with Gasteiger partial charge in [-0.25, -0.2) is 14.2 Å². The smallest absolute Gasteiger partial charge is 0.262 e. The summed E-state index contributed by atoms with van der Waals surface area (Å²) in [5, 5.41) is 8.64. The molecule has 3 aromatic carbocycles. The zero-order valence-corrected chi connectivity index (χ0v) is 20.7. The van der Waals surface area contributed by atoms with Crippen molar-refractivity contribution >= 4 is 35.3 Å². The van der Waals surface area contributed by atoms with Crippen molar-refractivity contribution in [3.05, 3.63) is 83.9 Å². The van der Waals surface area contributed by atoms with Crippen LogP contribution in [0.2, 0.25) is 0 Å². The first-order chi connectivity index (χ1) is 18.3. The molecule has 0 aliphatic heterocycles. The van der Waals surface area contributed by atoms with Crippen molar-refractivity contribution in [1.29, 1.82) is 0 Å². The molecule has 0 fully saturated rings. The van der Waals surface area contributed by atoms with Crippen LogP contribution >= 0.6 is 0 Å². The highest BCUT2D eigenvalue weighted by Crippen LogP contribution is 2.28. The van der Waals surface area contributed by atoms with Gasteiger partial charge in [0.2, 0.25) is 5.91 Å². The van der Waals surface area contributed by atoms with Gasteiger partial charge >= 0.3 is 0 Å². The molecule has 0 radical (unpaired) electrons. The van der Waals surface area contributed by atoms with E-state index in [1.165, 1.54) is 49.5 Å². The van der Waals surface area contributed by atoms with Gasteiger partial charge in [0.05, 0.1) is 24.2 Å². The molecule has 0 aliphatic carbocycles. The van der Waals surface area contributed by atoms with E-state index in [2.05, 4.69) is 21.2 Å². The molecule has 0 aromatic heterocycles. The third kappa shape index (κ3) is 7.85. The van der Waals surface area contributed by atoms with E-state index in [-0.39, 0.29) is 23.7 Å². The molecule has 9 nitrogen and oxygen atoms in total. The van der Waals surface area contributed by atoms with Gasteiger partial charge in [0.15, 0.2) is 18.1 Å². The second kappa shape index (κ2) is 13.5. The molecule has 0 saturated carbocycles. The Hall–Kier alpha value is -4.80. The van der Waals surface area contributed by atoms with E-state index in [1.54, 1.807) is 37.3 Å². The molecule has 3 N–H and O–H groups in total. The monoisotopic (exact) mass is 524 g/mol. The molecule has 0 saturated heterocycles. The van der Waals surface area contributed by atoms with Gasteiger partial charge < -0.3 is 20.1 Å². The molecule has 0 spiro atoms. The van der Waals surface area contributed by atoms with Crippen molar-refractivity contribution in [2.24, 2.45) is 11.0 Å². The number of anilines is 2. The Labute approximate surface area is 217 Å². The second-order valence-corrected chi connectivity index (χ2v) is 7.88. The number of hydrazone groups is 1. The van der Waals surface area contributed by atoms with E-state index in [1.807, 2.05) is 0 Å². The predicted molar refractivity (Wildman–Crippen MR) is 138 cm³/mol. The molecule has 1 atom stereocenters. The first-order valence-electron chi connectivity index (χ1n) is 11.6. The number of benzene rings is 3. The lowest BCUT2D eigenvalue weighted by Crippen LogP contribution is -2.34. The molecule has 3 rings (SSSR count). The zero-order chi connectivity index (χ0) is 27.5. The highest BCUT2D eigenvalue weighted by atomic mass is 19.1. The highest BCUT2D eigenvalue weighted by molar-refractivity contribution is 6.06. The molecular formula is C27H26F2N4O5. The topological polar surface area (TPSA) is 118 Å². The van der Waals surface area contributed by atoms with E-state index in [0.29, 0.717) is 17.9 Å². The van der Waals surface area contributed by atoms with Crippen molar-refractivity contribution in [2.45, 2.75) is 13.8 Å². The summed E-state index contributed by atoms with van der Waals surface area (Å²) < 4.78 is 38.5. The number of hydrogen-bond donors (Lipinski definition) is 3. The third-order valence-electron chi connectivity index (χ3n) is 5.08. The molecule has 3 aromatic rings. The van der Waals surface area contributed by atoms with Crippen LogP contribution in [0, 0.1) is 17.6 Å². The Morgan fingerprint density at radius 1 is 0.868 bits per heavy atom. The molecule has 3 amide bonds. The van der Waals surface area contributed by atoms with E-state index < -0.39 is 35.3 Å². The van der Waals surface area contributed by atoms with Crippen molar-refractivity contribution in [2.75, 3.05) is 23.8 Å². The number of para-hydroxylation sites is 2.